The number of benzene rings is 1. The first-order valence-corrected chi connectivity index (χ1v) is 5.55. The van der Waals surface area contributed by atoms with Gasteiger partial charge in [-0.3, -0.25) is 0 Å². The van der Waals surface area contributed by atoms with Crippen molar-refractivity contribution >= 4 is 35.8 Å². The molecule has 0 unspecified atom stereocenters. The van der Waals surface area contributed by atoms with Crippen molar-refractivity contribution in [2.24, 2.45) is 0 Å². The summed E-state index contributed by atoms with van der Waals surface area (Å²) in [5.74, 6) is 0. The number of rotatable bonds is 1. The minimum absolute atomic E-state index is 0.680. The van der Waals surface area contributed by atoms with Crippen LogP contribution in [-0.4, -0.2) is 17.9 Å². The number of hydrogen-bond acceptors (Lipinski definition) is 2. The molecule has 0 atom stereocenters. The number of aliphatic hydroxyl groups is 1. The molecular weight excluding hydrogens is 220 g/mol. The van der Waals surface area contributed by atoms with Crippen molar-refractivity contribution in [1.82, 2.24) is 4.98 Å². The Kier molecular flexibility index (Phi) is 2.68. The summed E-state index contributed by atoms with van der Waals surface area (Å²) in [5, 5.41) is 11.7. The molecule has 1 aromatic carbocycles. The molecule has 0 aliphatic rings. The molecule has 82 valence electrons. The molecule has 2 rings (SSSR count). The van der Waals surface area contributed by atoms with Crippen LogP contribution in [-0.2, 0) is 5.60 Å². The van der Waals surface area contributed by atoms with E-state index in [1.165, 1.54) is 0 Å². The normalized spacial score (nSPS) is 12.0. The van der Waals surface area contributed by atoms with Gasteiger partial charge in [0.15, 0.2) is 0 Å². The van der Waals surface area contributed by atoms with Gasteiger partial charge in [-0.15, -0.1) is 0 Å². The van der Waals surface area contributed by atoms with E-state index >= 15 is 0 Å². The summed E-state index contributed by atoms with van der Waals surface area (Å²) in [6, 6.07) is 7.48. The third-order valence-electron chi connectivity index (χ3n) is 2.60. The first kappa shape index (κ1) is 11.4. The van der Waals surface area contributed by atoms with E-state index in [4.69, 9.17) is 11.6 Å². The number of aromatic nitrogens is 1. The number of hydrogen-bond donors (Lipinski definition) is 1. The van der Waals surface area contributed by atoms with Gasteiger partial charge in [-0.2, -0.15) is 0 Å². The Balaban J connectivity index is 2.74. The SMILES string of the molecule is Bc1cc(C(C)(C)O)nc2ccc(Cl)cc12. The lowest BCUT2D eigenvalue weighted by atomic mass is 9.89. The molecule has 0 aliphatic carbocycles. The lowest BCUT2D eigenvalue weighted by Crippen LogP contribution is -2.21. The molecule has 4 heteroatoms. The van der Waals surface area contributed by atoms with Gasteiger partial charge < -0.3 is 5.11 Å². The van der Waals surface area contributed by atoms with Crippen LogP contribution in [0.25, 0.3) is 10.9 Å². The number of halogens is 1. The molecule has 2 nitrogen and oxygen atoms in total. The van der Waals surface area contributed by atoms with Gasteiger partial charge in [0, 0.05) is 5.02 Å². The smallest absolute Gasteiger partial charge is 0.140 e. The summed E-state index contributed by atoms with van der Waals surface area (Å²) < 4.78 is 0. The van der Waals surface area contributed by atoms with Gasteiger partial charge in [0.1, 0.15) is 13.4 Å². The van der Waals surface area contributed by atoms with Crippen molar-refractivity contribution in [2.75, 3.05) is 0 Å². The first-order chi connectivity index (χ1) is 7.38. The number of nitrogens with zero attached hydrogens (tertiary/aromatic N) is 1. The van der Waals surface area contributed by atoms with Gasteiger partial charge in [0.25, 0.3) is 0 Å². The molecule has 2 aromatic rings. The second-order valence-electron chi connectivity index (χ2n) is 4.54. The molecule has 16 heavy (non-hydrogen) atoms. The molecule has 0 saturated carbocycles. The van der Waals surface area contributed by atoms with Crippen molar-refractivity contribution in [1.29, 1.82) is 0 Å². The predicted molar refractivity (Wildman–Crippen MR) is 70.2 cm³/mol. The van der Waals surface area contributed by atoms with Crippen LogP contribution >= 0.6 is 11.6 Å². The maximum atomic E-state index is 9.94. The van der Waals surface area contributed by atoms with Crippen molar-refractivity contribution < 1.29 is 5.11 Å². The van der Waals surface area contributed by atoms with Gasteiger partial charge in [-0.25, -0.2) is 4.98 Å². The van der Waals surface area contributed by atoms with Crippen LogP contribution in [0, 0.1) is 0 Å². The van der Waals surface area contributed by atoms with Gasteiger partial charge in [-0.1, -0.05) is 17.1 Å². The second kappa shape index (κ2) is 3.76. The molecule has 0 spiro atoms. The van der Waals surface area contributed by atoms with Gasteiger partial charge in [0.05, 0.1) is 11.2 Å². The largest absolute Gasteiger partial charge is 0.384 e. The summed E-state index contributed by atoms with van der Waals surface area (Å²) in [4.78, 5) is 4.44. The molecule has 0 fully saturated rings. The summed E-state index contributed by atoms with van der Waals surface area (Å²) in [6.07, 6.45) is 0. The van der Waals surface area contributed by atoms with Crippen molar-refractivity contribution in [3.05, 3.63) is 35.0 Å². The third-order valence-corrected chi connectivity index (χ3v) is 2.84. The van der Waals surface area contributed by atoms with Crippen LogP contribution in [0.1, 0.15) is 19.5 Å². The van der Waals surface area contributed by atoms with E-state index in [1.54, 1.807) is 13.8 Å². The van der Waals surface area contributed by atoms with Crippen molar-refractivity contribution in [3.8, 4) is 0 Å². The minimum atomic E-state index is -0.918. The Bertz CT molecular complexity index is 548. The molecule has 1 aromatic heterocycles. The van der Waals surface area contributed by atoms with Crippen LogP contribution in [0.3, 0.4) is 0 Å². The van der Waals surface area contributed by atoms with Crippen LogP contribution in [0.5, 0.6) is 0 Å². The van der Waals surface area contributed by atoms with Crippen LogP contribution < -0.4 is 5.46 Å². The maximum absolute atomic E-state index is 9.94. The fourth-order valence-corrected chi connectivity index (χ4v) is 1.85. The van der Waals surface area contributed by atoms with Gasteiger partial charge >= 0.3 is 0 Å². The lowest BCUT2D eigenvalue weighted by molar-refractivity contribution is 0.0743. The lowest BCUT2D eigenvalue weighted by Gasteiger charge is -2.18. The van der Waals surface area contributed by atoms with Crippen LogP contribution in [0.2, 0.25) is 5.02 Å². The van der Waals surface area contributed by atoms with E-state index in [0.717, 1.165) is 16.4 Å². The number of pyridine rings is 1. The standard InChI is InChI=1S/C12H13BClNO/c1-12(2,16)11-6-9(13)8-5-7(14)3-4-10(8)15-11/h3-6,16H,13H2,1-2H3. The molecule has 0 amide bonds. The highest BCUT2D eigenvalue weighted by Gasteiger charge is 2.18. The van der Waals surface area contributed by atoms with Crippen molar-refractivity contribution in [3.63, 3.8) is 0 Å². The fourth-order valence-electron chi connectivity index (χ4n) is 1.68. The maximum Gasteiger partial charge on any atom is 0.140 e. The molecule has 0 bridgehead atoms. The predicted octanol–water partition coefficient (Wildman–Crippen LogP) is 1.37. The van der Waals surface area contributed by atoms with Crippen LogP contribution in [0.4, 0.5) is 0 Å². The Hall–Kier alpha value is -1.06. The van der Waals surface area contributed by atoms with E-state index in [1.807, 2.05) is 32.1 Å². The monoisotopic (exact) mass is 233 g/mol. The highest BCUT2D eigenvalue weighted by atomic mass is 35.5. The van der Waals surface area contributed by atoms with E-state index in [0.29, 0.717) is 10.7 Å². The molecule has 1 N–H and O–H groups in total. The summed E-state index contributed by atoms with van der Waals surface area (Å²) >= 11 is 5.94. The molecule has 0 aliphatic heterocycles. The Morgan fingerprint density at radius 3 is 2.62 bits per heavy atom. The quantitative estimate of drug-likeness (QED) is 0.755. The first-order valence-electron chi connectivity index (χ1n) is 5.18. The van der Waals surface area contributed by atoms with E-state index in [-0.39, 0.29) is 0 Å². The van der Waals surface area contributed by atoms with E-state index in [9.17, 15) is 5.11 Å². The van der Waals surface area contributed by atoms with Crippen molar-refractivity contribution in [2.45, 2.75) is 19.4 Å². The minimum Gasteiger partial charge on any atom is -0.384 e. The summed E-state index contributed by atoms with van der Waals surface area (Å²) in [5.41, 5.74) is 1.70. The average Bonchev–Trinajstić information content (AvgIpc) is 2.17. The Morgan fingerprint density at radius 2 is 2.00 bits per heavy atom. The van der Waals surface area contributed by atoms with E-state index < -0.39 is 5.60 Å². The highest BCUT2D eigenvalue weighted by Crippen LogP contribution is 2.21. The Labute approximate surface area is 101 Å². The zero-order chi connectivity index (χ0) is 11.9. The topological polar surface area (TPSA) is 33.1 Å². The van der Waals surface area contributed by atoms with E-state index in [2.05, 4.69) is 4.98 Å². The molecule has 0 saturated heterocycles. The summed E-state index contributed by atoms with van der Waals surface area (Å²) in [7, 11) is 2.00. The molecule has 0 radical (unpaired) electrons. The fraction of sp³-hybridized carbons (Fsp3) is 0.250. The summed E-state index contributed by atoms with van der Waals surface area (Å²) in [6.45, 7) is 3.47. The zero-order valence-electron chi connectivity index (χ0n) is 9.58. The third kappa shape index (κ3) is 2.06. The molecule has 1 heterocycles. The zero-order valence-corrected chi connectivity index (χ0v) is 10.3. The van der Waals surface area contributed by atoms with Crippen LogP contribution in [0.15, 0.2) is 24.3 Å². The average molecular weight is 234 g/mol. The van der Waals surface area contributed by atoms with Gasteiger partial charge in [0.2, 0.25) is 0 Å². The highest BCUT2D eigenvalue weighted by molar-refractivity contribution is 6.39. The Morgan fingerprint density at radius 1 is 1.31 bits per heavy atom. The van der Waals surface area contributed by atoms with Gasteiger partial charge in [-0.05, 0) is 43.5 Å². The number of fused-ring (bicyclic) bond motifs is 1. The molecular formula is C12H13BClNO. The second-order valence-corrected chi connectivity index (χ2v) is 4.98.